The highest BCUT2D eigenvalue weighted by Crippen LogP contribution is 2.41. The third kappa shape index (κ3) is 8.50. The number of amides is 2. The van der Waals surface area contributed by atoms with Gasteiger partial charge in [-0.25, -0.2) is 26.4 Å². The van der Waals surface area contributed by atoms with E-state index in [-0.39, 0.29) is 41.4 Å². The zero-order valence-corrected chi connectivity index (χ0v) is 28.4. The minimum atomic E-state index is -3.42. The molecule has 2 aromatic carbocycles. The molecule has 2 bridgehead atoms. The summed E-state index contributed by atoms with van der Waals surface area (Å²) < 4.78 is 82.0. The van der Waals surface area contributed by atoms with Crippen molar-refractivity contribution in [2.75, 3.05) is 37.9 Å². The molecule has 0 aromatic heterocycles. The van der Waals surface area contributed by atoms with Gasteiger partial charge in [-0.05, 0) is 94.5 Å². The number of sulfonamides is 1. The molecule has 264 valence electrons. The topological polar surface area (TPSA) is 126 Å². The highest BCUT2D eigenvalue weighted by molar-refractivity contribution is 7.89. The molecule has 3 heterocycles. The maximum atomic E-state index is 15.4. The number of hydrogen-bond donors (Lipinski definition) is 3. The number of benzene rings is 2. The van der Waals surface area contributed by atoms with E-state index in [4.69, 9.17) is 9.47 Å². The number of fused-ring (bicyclic) bond motifs is 2. The zero-order chi connectivity index (χ0) is 34.6. The highest BCUT2D eigenvalue weighted by atomic mass is 32.2. The Kier molecular flexibility index (Phi) is 11.4. The van der Waals surface area contributed by atoms with Crippen LogP contribution < -0.4 is 16.0 Å². The van der Waals surface area contributed by atoms with Crippen molar-refractivity contribution in [3.63, 3.8) is 0 Å². The van der Waals surface area contributed by atoms with Gasteiger partial charge in [-0.2, -0.15) is 4.31 Å². The molecule has 3 aliphatic rings. The molecule has 5 rings (SSSR count). The maximum absolute atomic E-state index is 15.4. The molecule has 3 N–H and O–H groups in total. The zero-order valence-electron chi connectivity index (χ0n) is 27.6. The number of nitrogens with zero attached hydrogens (tertiary/aromatic N) is 1. The molecular weight excluding hydrogens is 649 g/mol. The number of methoxy groups -OCH3 is 1. The van der Waals surface area contributed by atoms with Crippen LogP contribution in [0.15, 0.2) is 36.4 Å². The average molecular weight is 695 g/mol. The van der Waals surface area contributed by atoms with Crippen LogP contribution in [0.5, 0.6) is 0 Å². The predicted octanol–water partition coefficient (Wildman–Crippen LogP) is 4.84. The summed E-state index contributed by atoms with van der Waals surface area (Å²) >= 11 is 0. The first kappa shape index (κ1) is 36.1. The van der Waals surface area contributed by atoms with Crippen molar-refractivity contribution in [2.45, 2.75) is 88.4 Å². The number of ether oxygens (including phenoxy) is 2. The standard InChI is InChI=1S/C34H45F3N4O6S/c1-34(2)18-22(15-16-47-34)29(21-9-11-23(35)12-10-21)31(40-33(43)46-3)32(42)39-28-14-13-27(36)30(37)26(28)8-4-7-25-19-38-24-6-5-17-48(44,45)41(25)20-24/h9-14,22,24-25,29,31,38H,4-8,15-20H2,1-3H3,(H,39,42)(H,40,43)/t22?,24-,25+,29+,31+/m1/s1. The fourth-order valence-electron chi connectivity index (χ4n) is 7.44. The van der Waals surface area contributed by atoms with Gasteiger partial charge in [-0.3, -0.25) is 4.79 Å². The molecule has 6 atom stereocenters. The molecule has 3 fully saturated rings. The fraction of sp³-hybridized carbons (Fsp3) is 0.588. The molecule has 3 aliphatic heterocycles. The lowest BCUT2D eigenvalue weighted by Gasteiger charge is -2.41. The lowest BCUT2D eigenvalue weighted by Crippen LogP contribution is -2.57. The fourth-order valence-corrected chi connectivity index (χ4v) is 9.24. The number of hydrogen-bond acceptors (Lipinski definition) is 7. The third-order valence-electron chi connectivity index (χ3n) is 9.78. The van der Waals surface area contributed by atoms with E-state index in [0.29, 0.717) is 57.4 Å². The first-order valence-electron chi connectivity index (χ1n) is 16.5. The van der Waals surface area contributed by atoms with Crippen LogP contribution in [0, 0.1) is 23.4 Å². The van der Waals surface area contributed by atoms with Crippen molar-refractivity contribution in [1.29, 1.82) is 0 Å². The van der Waals surface area contributed by atoms with E-state index in [1.54, 1.807) is 16.4 Å². The Labute approximate surface area is 280 Å². The summed E-state index contributed by atoms with van der Waals surface area (Å²) in [7, 11) is -2.25. The summed E-state index contributed by atoms with van der Waals surface area (Å²) in [5, 5.41) is 8.79. The van der Waals surface area contributed by atoms with E-state index in [1.165, 1.54) is 25.3 Å². The van der Waals surface area contributed by atoms with Crippen LogP contribution in [0.4, 0.5) is 23.7 Å². The van der Waals surface area contributed by atoms with Gasteiger partial charge in [0.05, 0.1) is 18.5 Å². The van der Waals surface area contributed by atoms with E-state index < -0.39 is 57.0 Å². The Balaban J connectivity index is 1.40. The Morgan fingerprint density at radius 1 is 1.12 bits per heavy atom. The predicted molar refractivity (Wildman–Crippen MR) is 174 cm³/mol. The summed E-state index contributed by atoms with van der Waals surface area (Å²) in [4.78, 5) is 26.8. The summed E-state index contributed by atoms with van der Waals surface area (Å²) in [6.45, 7) is 5.12. The van der Waals surface area contributed by atoms with Crippen LogP contribution in [0.25, 0.3) is 0 Å². The van der Waals surface area contributed by atoms with E-state index in [9.17, 15) is 26.8 Å². The summed E-state index contributed by atoms with van der Waals surface area (Å²) in [5.41, 5.74) is 0.0475. The van der Waals surface area contributed by atoms with Crippen LogP contribution in [0.2, 0.25) is 0 Å². The number of alkyl carbamates (subject to hydrolysis) is 1. The van der Waals surface area contributed by atoms with Gasteiger partial charge in [0, 0.05) is 48.9 Å². The minimum absolute atomic E-state index is 0.0255. The Morgan fingerprint density at radius 3 is 2.58 bits per heavy atom. The second-order valence-electron chi connectivity index (χ2n) is 13.6. The Bertz CT molecular complexity index is 1580. The quantitative estimate of drug-likeness (QED) is 0.325. The molecule has 3 saturated heterocycles. The SMILES string of the molecule is COC(=O)N[C@H](C(=O)Nc1ccc(F)c(F)c1CCC[C@H]1CN[C@@H]2CCCS(=O)(=O)N1C2)[C@@H](c1ccc(F)cc1)C1CCOC(C)(C)C1. The second-order valence-corrected chi connectivity index (χ2v) is 15.6. The van der Waals surface area contributed by atoms with Gasteiger partial charge in [-0.1, -0.05) is 12.1 Å². The Morgan fingerprint density at radius 2 is 1.88 bits per heavy atom. The molecule has 14 heteroatoms. The summed E-state index contributed by atoms with van der Waals surface area (Å²) in [5.74, 6) is -4.11. The monoisotopic (exact) mass is 694 g/mol. The number of rotatable bonds is 10. The minimum Gasteiger partial charge on any atom is -0.453 e. The number of carbonyl (C=O) groups is 2. The van der Waals surface area contributed by atoms with Crippen LogP contribution in [0.3, 0.4) is 0 Å². The normalized spacial score (nSPS) is 26.0. The lowest BCUT2D eigenvalue weighted by molar-refractivity contribution is -0.120. The summed E-state index contributed by atoms with van der Waals surface area (Å²) in [6.07, 6.45) is 2.33. The molecule has 0 radical (unpaired) electrons. The molecule has 2 aromatic rings. The van der Waals surface area contributed by atoms with Gasteiger partial charge in [-0.15, -0.1) is 0 Å². The molecule has 48 heavy (non-hydrogen) atoms. The number of piperazine rings is 1. The molecule has 10 nitrogen and oxygen atoms in total. The van der Waals surface area contributed by atoms with E-state index in [1.807, 2.05) is 13.8 Å². The molecule has 0 aliphatic carbocycles. The molecule has 0 spiro atoms. The van der Waals surface area contributed by atoms with E-state index in [0.717, 1.165) is 12.5 Å². The first-order valence-corrected chi connectivity index (χ1v) is 18.1. The van der Waals surface area contributed by atoms with Crippen molar-refractivity contribution in [1.82, 2.24) is 14.9 Å². The first-order chi connectivity index (χ1) is 22.8. The average Bonchev–Trinajstić information content (AvgIpc) is 3.16. The van der Waals surface area contributed by atoms with Crippen molar-refractivity contribution < 1.29 is 40.7 Å². The largest absolute Gasteiger partial charge is 0.453 e. The number of nitrogens with one attached hydrogen (secondary N) is 3. The van der Waals surface area contributed by atoms with Gasteiger partial charge in [0.2, 0.25) is 15.9 Å². The van der Waals surface area contributed by atoms with Crippen LogP contribution in [-0.4, -0.2) is 81.0 Å². The number of anilines is 1. The Hall–Kier alpha value is -3.20. The van der Waals surface area contributed by atoms with Crippen molar-refractivity contribution >= 4 is 27.7 Å². The second kappa shape index (κ2) is 15.1. The van der Waals surface area contributed by atoms with Crippen LogP contribution in [-0.2, 0) is 30.7 Å². The lowest BCUT2D eigenvalue weighted by atomic mass is 9.73. The van der Waals surface area contributed by atoms with Crippen molar-refractivity contribution in [2.24, 2.45) is 5.92 Å². The molecule has 2 amide bonds. The highest BCUT2D eigenvalue weighted by Gasteiger charge is 2.42. The summed E-state index contributed by atoms with van der Waals surface area (Å²) in [6, 6.07) is 6.43. The van der Waals surface area contributed by atoms with Crippen molar-refractivity contribution in [3.8, 4) is 0 Å². The van der Waals surface area contributed by atoms with Gasteiger partial charge >= 0.3 is 6.09 Å². The molecular formula is C34H45F3N4O6S. The maximum Gasteiger partial charge on any atom is 0.407 e. The number of carbonyl (C=O) groups excluding carboxylic acids is 2. The van der Waals surface area contributed by atoms with Crippen molar-refractivity contribution in [3.05, 3.63) is 65.0 Å². The molecule has 0 saturated carbocycles. The van der Waals surface area contributed by atoms with Gasteiger partial charge in [0.1, 0.15) is 11.9 Å². The van der Waals surface area contributed by atoms with Gasteiger partial charge in [0.15, 0.2) is 11.6 Å². The molecule has 2 unspecified atom stereocenters. The number of halogens is 3. The smallest absolute Gasteiger partial charge is 0.407 e. The van der Waals surface area contributed by atoms with E-state index in [2.05, 4.69) is 16.0 Å². The van der Waals surface area contributed by atoms with Crippen LogP contribution in [0.1, 0.15) is 69.4 Å². The van der Waals surface area contributed by atoms with Crippen LogP contribution >= 0.6 is 0 Å². The van der Waals surface area contributed by atoms with E-state index >= 15 is 4.39 Å². The van der Waals surface area contributed by atoms with Gasteiger partial charge < -0.3 is 25.4 Å². The third-order valence-corrected chi connectivity index (χ3v) is 11.7. The van der Waals surface area contributed by atoms with Gasteiger partial charge in [0.25, 0.3) is 0 Å².